The Morgan fingerprint density at radius 3 is 2.78 bits per heavy atom. The summed E-state index contributed by atoms with van der Waals surface area (Å²) < 4.78 is 3.17. The number of para-hydroxylation sites is 1. The molecule has 1 aromatic carbocycles. The molecule has 0 aliphatic carbocycles. The Labute approximate surface area is 135 Å². The van der Waals surface area contributed by atoms with Gasteiger partial charge < -0.3 is 0 Å². The van der Waals surface area contributed by atoms with Crippen molar-refractivity contribution in [2.24, 2.45) is 5.10 Å². The third-order valence-electron chi connectivity index (χ3n) is 3.37. The largest absolute Gasteiger partial charge is 0.282 e. The van der Waals surface area contributed by atoms with Crippen molar-refractivity contribution in [3.63, 3.8) is 0 Å². The number of rotatable bonds is 3. The van der Waals surface area contributed by atoms with Crippen LogP contribution in [0.15, 0.2) is 65.5 Å². The summed E-state index contributed by atoms with van der Waals surface area (Å²) >= 11 is 1.59. The van der Waals surface area contributed by atoms with Crippen LogP contribution in [0.4, 0.5) is 0 Å². The molecule has 0 fully saturated rings. The van der Waals surface area contributed by atoms with Gasteiger partial charge in [-0.25, -0.2) is 14.3 Å². The standard InChI is InChI=1S/C16H12N6S/c17-15-14-10-20-22(12-5-2-1-3-6-12)16(14)18-11-21(15)19-9-13-7-4-8-23-13/h1-11,17H. The van der Waals surface area contributed by atoms with E-state index in [1.807, 2.05) is 47.8 Å². The van der Waals surface area contributed by atoms with Gasteiger partial charge in [-0.05, 0) is 23.6 Å². The highest BCUT2D eigenvalue weighted by Crippen LogP contribution is 2.13. The molecule has 0 bridgehead atoms. The van der Waals surface area contributed by atoms with Crippen molar-refractivity contribution in [2.45, 2.75) is 0 Å². The molecule has 4 aromatic rings. The zero-order valence-electron chi connectivity index (χ0n) is 12.0. The Morgan fingerprint density at radius 2 is 2.00 bits per heavy atom. The molecule has 0 saturated carbocycles. The second-order valence-electron chi connectivity index (χ2n) is 4.83. The molecule has 0 aliphatic heterocycles. The Kier molecular flexibility index (Phi) is 3.32. The molecule has 112 valence electrons. The highest BCUT2D eigenvalue weighted by Gasteiger charge is 2.08. The number of fused-ring (bicyclic) bond motifs is 1. The fourth-order valence-corrected chi connectivity index (χ4v) is 2.83. The lowest BCUT2D eigenvalue weighted by molar-refractivity contribution is 0.779. The molecule has 3 aromatic heterocycles. The first-order valence-corrected chi connectivity index (χ1v) is 7.84. The molecular weight excluding hydrogens is 308 g/mol. The van der Waals surface area contributed by atoms with Crippen molar-refractivity contribution < 1.29 is 0 Å². The van der Waals surface area contributed by atoms with E-state index in [0.717, 1.165) is 10.6 Å². The van der Waals surface area contributed by atoms with Crippen molar-refractivity contribution in [1.29, 1.82) is 5.41 Å². The number of nitrogens with one attached hydrogen (secondary N) is 1. The molecule has 0 radical (unpaired) electrons. The maximum absolute atomic E-state index is 8.30. The molecule has 0 spiro atoms. The van der Waals surface area contributed by atoms with Crippen molar-refractivity contribution in [3.8, 4) is 5.69 Å². The van der Waals surface area contributed by atoms with Crippen molar-refractivity contribution in [1.82, 2.24) is 19.4 Å². The van der Waals surface area contributed by atoms with Gasteiger partial charge in [0.05, 0.1) is 23.5 Å². The molecule has 0 aliphatic rings. The molecule has 0 saturated heterocycles. The first kappa shape index (κ1) is 13.6. The zero-order valence-corrected chi connectivity index (χ0v) is 12.8. The minimum Gasteiger partial charge on any atom is -0.282 e. The Bertz CT molecular complexity index is 1030. The quantitative estimate of drug-likeness (QED) is 0.589. The topological polar surface area (TPSA) is 71.8 Å². The minimum atomic E-state index is 0.255. The molecule has 23 heavy (non-hydrogen) atoms. The lowest BCUT2D eigenvalue weighted by atomic mass is 10.3. The highest BCUT2D eigenvalue weighted by molar-refractivity contribution is 7.11. The number of hydrogen-bond acceptors (Lipinski definition) is 5. The molecule has 6 nitrogen and oxygen atoms in total. The number of nitrogens with zero attached hydrogens (tertiary/aromatic N) is 5. The molecule has 7 heteroatoms. The van der Waals surface area contributed by atoms with Gasteiger partial charge in [0, 0.05) is 4.88 Å². The predicted molar refractivity (Wildman–Crippen MR) is 90.0 cm³/mol. The van der Waals surface area contributed by atoms with Crippen molar-refractivity contribution in [3.05, 3.63) is 70.7 Å². The number of thiophene rings is 1. The molecule has 0 unspecified atom stereocenters. The van der Waals surface area contributed by atoms with Gasteiger partial charge in [-0.1, -0.05) is 24.3 Å². The fourth-order valence-electron chi connectivity index (χ4n) is 2.25. The van der Waals surface area contributed by atoms with Crippen LogP contribution in [0.25, 0.3) is 16.7 Å². The van der Waals surface area contributed by atoms with E-state index >= 15 is 0 Å². The van der Waals surface area contributed by atoms with Crippen LogP contribution in [0, 0.1) is 5.41 Å². The molecule has 0 atom stereocenters. The number of aromatic nitrogens is 4. The minimum absolute atomic E-state index is 0.255. The van der Waals surface area contributed by atoms with Gasteiger partial charge in [-0.15, -0.1) is 11.3 Å². The molecule has 0 amide bonds. The summed E-state index contributed by atoms with van der Waals surface area (Å²) in [4.78, 5) is 5.44. The third kappa shape index (κ3) is 2.47. The van der Waals surface area contributed by atoms with E-state index in [1.165, 1.54) is 11.0 Å². The second kappa shape index (κ2) is 5.62. The van der Waals surface area contributed by atoms with Crippen LogP contribution in [0.5, 0.6) is 0 Å². The van der Waals surface area contributed by atoms with Gasteiger partial charge >= 0.3 is 0 Å². The second-order valence-corrected chi connectivity index (χ2v) is 5.81. The van der Waals surface area contributed by atoms with Gasteiger partial charge in [-0.3, -0.25) is 5.41 Å². The lowest BCUT2D eigenvalue weighted by Gasteiger charge is -2.03. The summed E-state index contributed by atoms with van der Waals surface area (Å²) in [6.07, 6.45) is 4.91. The smallest absolute Gasteiger partial charge is 0.168 e. The molecule has 1 N–H and O–H groups in total. The van der Waals surface area contributed by atoms with E-state index in [2.05, 4.69) is 15.2 Å². The van der Waals surface area contributed by atoms with Gasteiger partial charge in [0.2, 0.25) is 0 Å². The van der Waals surface area contributed by atoms with Gasteiger partial charge in [0.1, 0.15) is 6.33 Å². The van der Waals surface area contributed by atoms with E-state index in [-0.39, 0.29) is 5.49 Å². The van der Waals surface area contributed by atoms with E-state index < -0.39 is 0 Å². The SMILES string of the molecule is N=c1c2cnn(-c3ccccc3)c2ncn1N=Cc1cccs1. The Morgan fingerprint density at radius 1 is 1.13 bits per heavy atom. The highest BCUT2D eigenvalue weighted by atomic mass is 32.1. The maximum atomic E-state index is 8.30. The van der Waals surface area contributed by atoms with Crippen LogP contribution >= 0.6 is 11.3 Å². The third-order valence-corrected chi connectivity index (χ3v) is 4.18. The van der Waals surface area contributed by atoms with E-state index in [9.17, 15) is 0 Å². The summed E-state index contributed by atoms with van der Waals surface area (Å²) in [6, 6.07) is 13.7. The van der Waals surface area contributed by atoms with E-state index in [1.54, 1.807) is 28.4 Å². The zero-order chi connectivity index (χ0) is 15.6. The van der Waals surface area contributed by atoms with Crippen LogP contribution in [0.2, 0.25) is 0 Å². The molecular formula is C16H12N6S. The summed E-state index contributed by atoms with van der Waals surface area (Å²) in [6.45, 7) is 0. The van der Waals surface area contributed by atoms with Crippen molar-refractivity contribution >= 4 is 28.6 Å². The Balaban J connectivity index is 1.80. The summed E-state index contributed by atoms with van der Waals surface area (Å²) in [5.41, 5.74) is 1.81. The average molecular weight is 320 g/mol. The van der Waals surface area contributed by atoms with Crippen LogP contribution in [-0.4, -0.2) is 25.7 Å². The average Bonchev–Trinajstić information content (AvgIpc) is 3.25. The molecule has 4 rings (SSSR count). The fraction of sp³-hybridized carbons (Fsp3) is 0. The van der Waals surface area contributed by atoms with Gasteiger partial charge in [-0.2, -0.15) is 10.2 Å². The first-order chi connectivity index (χ1) is 11.3. The normalized spacial score (nSPS) is 11.5. The monoisotopic (exact) mass is 320 g/mol. The first-order valence-electron chi connectivity index (χ1n) is 6.96. The number of benzene rings is 1. The van der Waals surface area contributed by atoms with Gasteiger partial charge in [0.25, 0.3) is 0 Å². The summed E-state index contributed by atoms with van der Waals surface area (Å²) in [7, 11) is 0. The van der Waals surface area contributed by atoms with Crippen LogP contribution in [0.1, 0.15) is 4.88 Å². The summed E-state index contributed by atoms with van der Waals surface area (Å²) in [5.74, 6) is 0. The van der Waals surface area contributed by atoms with Crippen LogP contribution < -0.4 is 5.49 Å². The maximum Gasteiger partial charge on any atom is 0.168 e. The molecule has 3 heterocycles. The Hall–Kier alpha value is -3.06. The van der Waals surface area contributed by atoms with Crippen LogP contribution in [0.3, 0.4) is 0 Å². The van der Waals surface area contributed by atoms with Gasteiger partial charge in [0.15, 0.2) is 11.1 Å². The van der Waals surface area contributed by atoms with E-state index in [0.29, 0.717) is 11.0 Å². The predicted octanol–water partition coefficient (Wildman–Crippen LogP) is 2.65. The van der Waals surface area contributed by atoms with Crippen molar-refractivity contribution in [2.75, 3.05) is 0 Å². The summed E-state index contributed by atoms with van der Waals surface area (Å²) in [5, 5.41) is 19.6. The lowest BCUT2D eigenvalue weighted by Crippen LogP contribution is -2.17. The van der Waals surface area contributed by atoms with Crippen LogP contribution in [-0.2, 0) is 0 Å². The van der Waals surface area contributed by atoms with E-state index in [4.69, 9.17) is 5.41 Å². The number of hydrogen-bond donors (Lipinski definition) is 1.